The van der Waals surface area contributed by atoms with Crippen LogP contribution in [0.1, 0.15) is 58.3 Å². The Morgan fingerprint density at radius 2 is 1.80 bits per heavy atom. The van der Waals surface area contributed by atoms with E-state index in [0.717, 1.165) is 23.7 Å². The van der Waals surface area contributed by atoms with E-state index in [-0.39, 0.29) is 0 Å². The molecule has 0 aromatic carbocycles. The van der Waals surface area contributed by atoms with E-state index in [0.29, 0.717) is 0 Å². The minimum atomic E-state index is 0.842. The van der Waals surface area contributed by atoms with Gasteiger partial charge in [-0.3, -0.25) is 0 Å². The summed E-state index contributed by atoms with van der Waals surface area (Å²) in [6, 6.07) is 0. The Hall–Kier alpha value is -0.260. The molecule has 0 amide bonds. The molecule has 2 rings (SSSR count). The van der Waals surface area contributed by atoms with Crippen molar-refractivity contribution in [3.8, 4) is 0 Å². The molecule has 0 heterocycles. The topological polar surface area (TPSA) is 0 Å². The zero-order chi connectivity index (χ0) is 10.7. The molecule has 0 aliphatic heterocycles. The molecule has 0 nitrogen and oxygen atoms in total. The molecule has 0 saturated heterocycles. The van der Waals surface area contributed by atoms with E-state index in [1.165, 1.54) is 44.9 Å². The quantitative estimate of drug-likeness (QED) is 0.582. The van der Waals surface area contributed by atoms with Gasteiger partial charge in [0.15, 0.2) is 0 Å². The smallest absolute Gasteiger partial charge is 0.0233 e. The van der Waals surface area contributed by atoms with Crippen molar-refractivity contribution in [1.82, 2.24) is 0 Å². The maximum absolute atomic E-state index is 3.97. The van der Waals surface area contributed by atoms with Crippen LogP contribution in [0.15, 0.2) is 12.7 Å². The lowest BCUT2D eigenvalue weighted by molar-refractivity contribution is 0.107. The van der Waals surface area contributed by atoms with Crippen LogP contribution in [0.2, 0.25) is 0 Å². The van der Waals surface area contributed by atoms with E-state index in [2.05, 4.69) is 19.6 Å². The van der Waals surface area contributed by atoms with Gasteiger partial charge in [0.25, 0.3) is 0 Å². The summed E-state index contributed by atoms with van der Waals surface area (Å²) in [5.74, 6) is 4.03. The highest BCUT2D eigenvalue weighted by Crippen LogP contribution is 2.45. The van der Waals surface area contributed by atoms with Crippen molar-refractivity contribution in [3.05, 3.63) is 12.7 Å². The van der Waals surface area contributed by atoms with Gasteiger partial charge in [-0.15, -0.1) is 6.58 Å². The second kappa shape index (κ2) is 5.18. The second-order valence-corrected chi connectivity index (χ2v) is 5.80. The highest BCUT2D eigenvalue weighted by molar-refractivity contribution is 4.91. The van der Waals surface area contributed by atoms with Gasteiger partial charge in [-0.25, -0.2) is 0 Å². The Morgan fingerprint density at radius 3 is 2.53 bits per heavy atom. The Labute approximate surface area is 95.1 Å². The molecule has 0 radical (unpaired) electrons. The standard InChI is InChI=1S/C15H26/c1-3-5-13-7-9-14-10-12(4-2)6-8-15(14)11-13/h4,12-15H,2-3,5-11H2,1H3. The number of fused-ring (bicyclic) bond motifs is 1. The number of rotatable bonds is 3. The minimum Gasteiger partial charge on any atom is -0.103 e. The van der Waals surface area contributed by atoms with E-state index in [4.69, 9.17) is 0 Å². The summed E-state index contributed by atoms with van der Waals surface area (Å²) >= 11 is 0. The first kappa shape index (κ1) is 11.2. The molecular weight excluding hydrogens is 180 g/mol. The maximum Gasteiger partial charge on any atom is -0.0233 e. The van der Waals surface area contributed by atoms with Crippen LogP contribution in [0.3, 0.4) is 0 Å². The Morgan fingerprint density at radius 1 is 1.07 bits per heavy atom. The van der Waals surface area contributed by atoms with Crippen molar-refractivity contribution in [3.63, 3.8) is 0 Å². The van der Waals surface area contributed by atoms with Gasteiger partial charge in [0, 0.05) is 0 Å². The van der Waals surface area contributed by atoms with Gasteiger partial charge in [-0.05, 0) is 55.8 Å². The van der Waals surface area contributed by atoms with Crippen molar-refractivity contribution in [2.45, 2.75) is 58.3 Å². The van der Waals surface area contributed by atoms with Crippen LogP contribution in [0.4, 0.5) is 0 Å². The first-order valence-corrected chi connectivity index (χ1v) is 6.96. The molecule has 0 aromatic heterocycles. The van der Waals surface area contributed by atoms with Crippen molar-refractivity contribution < 1.29 is 0 Å². The van der Waals surface area contributed by atoms with Crippen LogP contribution in [-0.4, -0.2) is 0 Å². The predicted octanol–water partition coefficient (Wildman–Crippen LogP) is 4.81. The van der Waals surface area contributed by atoms with Crippen LogP contribution in [-0.2, 0) is 0 Å². The van der Waals surface area contributed by atoms with Crippen LogP contribution in [0, 0.1) is 23.7 Å². The van der Waals surface area contributed by atoms with Gasteiger partial charge in [0.05, 0.1) is 0 Å². The first-order chi connectivity index (χ1) is 7.33. The number of hydrogen-bond acceptors (Lipinski definition) is 0. The fourth-order valence-corrected chi connectivity index (χ4v) is 3.91. The summed E-state index contributed by atoms with van der Waals surface area (Å²) in [6.45, 7) is 6.30. The fourth-order valence-electron chi connectivity index (χ4n) is 3.91. The second-order valence-electron chi connectivity index (χ2n) is 5.80. The van der Waals surface area contributed by atoms with Crippen molar-refractivity contribution >= 4 is 0 Å². The number of allylic oxidation sites excluding steroid dienone is 1. The molecule has 4 atom stereocenters. The van der Waals surface area contributed by atoms with Gasteiger partial charge >= 0.3 is 0 Å². The Bertz CT molecular complexity index is 206. The molecule has 0 heteroatoms. The molecule has 86 valence electrons. The zero-order valence-electron chi connectivity index (χ0n) is 10.3. The van der Waals surface area contributed by atoms with Gasteiger partial charge in [-0.1, -0.05) is 32.3 Å². The van der Waals surface area contributed by atoms with E-state index in [9.17, 15) is 0 Å². The molecule has 0 N–H and O–H groups in total. The summed E-state index contributed by atoms with van der Waals surface area (Å²) in [4.78, 5) is 0. The van der Waals surface area contributed by atoms with Crippen molar-refractivity contribution in [1.29, 1.82) is 0 Å². The Balaban J connectivity index is 1.86. The van der Waals surface area contributed by atoms with Gasteiger partial charge in [-0.2, -0.15) is 0 Å². The minimum absolute atomic E-state index is 0.842. The molecular formula is C15H26. The first-order valence-electron chi connectivity index (χ1n) is 6.96. The monoisotopic (exact) mass is 206 g/mol. The van der Waals surface area contributed by atoms with Crippen molar-refractivity contribution in [2.24, 2.45) is 23.7 Å². The van der Waals surface area contributed by atoms with Crippen LogP contribution in [0.5, 0.6) is 0 Å². The van der Waals surface area contributed by atoms with Crippen LogP contribution < -0.4 is 0 Å². The predicted molar refractivity (Wildman–Crippen MR) is 66.8 cm³/mol. The SMILES string of the molecule is C=CC1CCC2CC(CCC)CCC2C1. The summed E-state index contributed by atoms with van der Waals surface area (Å²) in [6.07, 6.45) is 14.0. The number of hydrogen-bond donors (Lipinski definition) is 0. The van der Waals surface area contributed by atoms with Gasteiger partial charge < -0.3 is 0 Å². The fraction of sp³-hybridized carbons (Fsp3) is 0.867. The normalized spacial score (nSPS) is 40.9. The molecule has 2 saturated carbocycles. The van der Waals surface area contributed by atoms with Crippen molar-refractivity contribution in [2.75, 3.05) is 0 Å². The lowest BCUT2D eigenvalue weighted by Gasteiger charge is -2.41. The average Bonchev–Trinajstić information content (AvgIpc) is 2.29. The highest BCUT2D eigenvalue weighted by atomic mass is 14.4. The summed E-state index contributed by atoms with van der Waals surface area (Å²) in [7, 11) is 0. The molecule has 2 aliphatic carbocycles. The third-order valence-corrected chi connectivity index (χ3v) is 4.79. The average molecular weight is 206 g/mol. The molecule has 4 unspecified atom stereocenters. The lowest BCUT2D eigenvalue weighted by atomic mass is 9.64. The van der Waals surface area contributed by atoms with E-state index in [1.807, 2.05) is 0 Å². The largest absolute Gasteiger partial charge is 0.103 e. The third-order valence-electron chi connectivity index (χ3n) is 4.79. The molecule has 0 bridgehead atoms. The zero-order valence-corrected chi connectivity index (χ0v) is 10.3. The third kappa shape index (κ3) is 2.65. The van der Waals surface area contributed by atoms with Gasteiger partial charge in [0.1, 0.15) is 0 Å². The van der Waals surface area contributed by atoms with E-state index < -0.39 is 0 Å². The van der Waals surface area contributed by atoms with Gasteiger partial charge in [0.2, 0.25) is 0 Å². The summed E-state index contributed by atoms with van der Waals surface area (Å²) in [5.41, 5.74) is 0. The molecule has 15 heavy (non-hydrogen) atoms. The summed E-state index contributed by atoms with van der Waals surface area (Å²) < 4.78 is 0. The molecule has 0 aromatic rings. The highest BCUT2D eigenvalue weighted by Gasteiger charge is 2.34. The summed E-state index contributed by atoms with van der Waals surface area (Å²) in [5, 5.41) is 0. The Kier molecular flexibility index (Phi) is 3.88. The van der Waals surface area contributed by atoms with Crippen LogP contribution in [0.25, 0.3) is 0 Å². The lowest BCUT2D eigenvalue weighted by Crippen LogP contribution is -2.30. The van der Waals surface area contributed by atoms with E-state index in [1.54, 1.807) is 6.42 Å². The molecule has 2 fully saturated rings. The molecule has 0 spiro atoms. The van der Waals surface area contributed by atoms with Crippen LogP contribution >= 0.6 is 0 Å². The van der Waals surface area contributed by atoms with E-state index >= 15 is 0 Å². The molecule has 2 aliphatic rings. The maximum atomic E-state index is 3.97.